The molecule has 0 aliphatic carbocycles. The van der Waals surface area contributed by atoms with Crippen LogP contribution in [-0.2, 0) is 0 Å². The number of nitrogens with two attached hydrogens (primary N) is 1. The number of carboxylic acid groups (broad SMARTS) is 1. The lowest BCUT2D eigenvalue weighted by Crippen LogP contribution is -1.96. The van der Waals surface area contributed by atoms with Crippen LogP contribution in [0, 0.1) is 13.8 Å². The Morgan fingerprint density at radius 1 is 1.09 bits per heavy atom. The lowest BCUT2D eigenvalue weighted by atomic mass is 10.1. The molecule has 2 aromatic carbocycles. The van der Waals surface area contributed by atoms with Crippen molar-refractivity contribution in [2.24, 2.45) is 0 Å². The molecule has 0 amide bonds. The maximum Gasteiger partial charge on any atom is 0.348 e. The average Bonchev–Trinajstić information content (AvgIpc) is 2.96. The molecule has 3 rings (SSSR count). The van der Waals surface area contributed by atoms with Gasteiger partial charge in [0.05, 0.1) is 5.69 Å². The molecule has 0 spiro atoms. The monoisotopic (exact) mass is 324 g/mol. The molecule has 0 fully saturated rings. The maximum absolute atomic E-state index is 11.6. The third-order valence-corrected chi connectivity index (χ3v) is 4.77. The first-order valence-corrected chi connectivity index (χ1v) is 7.95. The molecule has 0 saturated heterocycles. The number of carbonyl (C=O) groups is 1. The molecule has 116 valence electrons. The van der Waals surface area contributed by atoms with Gasteiger partial charge in [0.1, 0.15) is 9.88 Å². The van der Waals surface area contributed by atoms with Crippen LogP contribution in [0.15, 0.2) is 42.5 Å². The van der Waals surface area contributed by atoms with Crippen LogP contribution in [-0.4, -0.2) is 16.1 Å². The first-order valence-electron chi connectivity index (χ1n) is 7.13. The molecule has 0 atom stereocenters. The van der Waals surface area contributed by atoms with Gasteiger partial charge in [-0.15, -0.1) is 11.3 Å². The molecule has 5 heteroatoms. The number of anilines is 1. The molecule has 3 N–H and O–H groups in total. The summed E-state index contributed by atoms with van der Waals surface area (Å²) in [5.74, 6) is -0.977. The van der Waals surface area contributed by atoms with Crippen LogP contribution in [0.5, 0.6) is 0 Å². The standard InChI is InChI=1S/C18H16N2O2S/c1-10-3-6-12(7-4-10)17-20-15(16(23-17)18(21)22)13-8-5-11(2)14(19)9-13/h3-9H,19H2,1-2H3,(H,21,22). The lowest BCUT2D eigenvalue weighted by Gasteiger charge is -2.03. The van der Waals surface area contributed by atoms with E-state index in [4.69, 9.17) is 5.73 Å². The summed E-state index contributed by atoms with van der Waals surface area (Å²) in [7, 11) is 0. The quantitative estimate of drug-likeness (QED) is 0.701. The molecule has 0 unspecified atom stereocenters. The third-order valence-electron chi connectivity index (χ3n) is 3.67. The molecule has 0 bridgehead atoms. The number of nitrogen functional groups attached to an aromatic ring is 1. The van der Waals surface area contributed by atoms with Crippen molar-refractivity contribution < 1.29 is 9.90 Å². The van der Waals surface area contributed by atoms with Crippen molar-refractivity contribution in [1.82, 2.24) is 4.98 Å². The van der Waals surface area contributed by atoms with Crippen molar-refractivity contribution in [2.75, 3.05) is 5.73 Å². The number of carboxylic acids is 1. The van der Waals surface area contributed by atoms with Gasteiger partial charge >= 0.3 is 5.97 Å². The maximum atomic E-state index is 11.6. The summed E-state index contributed by atoms with van der Waals surface area (Å²) in [5.41, 5.74) is 10.8. The van der Waals surface area contributed by atoms with E-state index >= 15 is 0 Å². The van der Waals surface area contributed by atoms with Crippen LogP contribution in [0.25, 0.3) is 21.8 Å². The molecule has 0 aliphatic heterocycles. The Bertz CT molecular complexity index is 883. The SMILES string of the molecule is Cc1ccc(-c2nc(-c3ccc(C)c(N)c3)c(C(=O)O)s2)cc1. The van der Waals surface area contributed by atoms with Crippen molar-refractivity contribution in [2.45, 2.75) is 13.8 Å². The summed E-state index contributed by atoms with van der Waals surface area (Å²) in [6.45, 7) is 3.92. The van der Waals surface area contributed by atoms with Crippen molar-refractivity contribution >= 4 is 23.0 Å². The number of aromatic carboxylic acids is 1. The molecule has 4 nitrogen and oxygen atoms in total. The number of aryl methyl sites for hydroxylation is 2. The molecule has 1 aromatic heterocycles. The van der Waals surface area contributed by atoms with E-state index in [2.05, 4.69) is 4.98 Å². The van der Waals surface area contributed by atoms with E-state index < -0.39 is 5.97 Å². The number of rotatable bonds is 3. The zero-order chi connectivity index (χ0) is 16.6. The third kappa shape index (κ3) is 2.96. The fourth-order valence-corrected chi connectivity index (χ4v) is 3.20. The highest BCUT2D eigenvalue weighted by Gasteiger charge is 2.20. The van der Waals surface area contributed by atoms with E-state index in [1.54, 1.807) is 6.07 Å². The molecular formula is C18H16N2O2S. The first-order chi connectivity index (χ1) is 11.0. The summed E-state index contributed by atoms with van der Waals surface area (Å²) >= 11 is 1.18. The van der Waals surface area contributed by atoms with Crippen molar-refractivity contribution in [1.29, 1.82) is 0 Å². The highest BCUT2D eigenvalue weighted by molar-refractivity contribution is 7.17. The second-order valence-corrected chi connectivity index (χ2v) is 6.44. The number of nitrogens with zero attached hydrogens (tertiary/aromatic N) is 1. The summed E-state index contributed by atoms with van der Waals surface area (Å²) < 4.78 is 0. The zero-order valence-electron chi connectivity index (χ0n) is 12.8. The highest BCUT2D eigenvalue weighted by Crippen LogP contribution is 2.35. The number of thiazole rings is 1. The first kappa shape index (κ1) is 15.2. The van der Waals surface area contributed by atoms with Gasteiger partial charge in [-0.05, 0) is 25.5 Å². The topological polar surface area (TPSA) is 76.2 Å². The normalized spacial score (nSPS) is 10.7. The van der Waals surface area contributed by atoms with E-state index in [0.29, 0.717) is 16.4 Å². The predicted octanol–water partition coefficient (Wildman–Crippen LogP) is 4.37. The van der Waals surface area contributed by atoms with E-state index in [0.717, 1.165) is 22.3 Å². The molecule has 0 radical (unpaired) electrons. The smallest absolute Gasteiger partial charge is 0.348 e. The number of aromatic nitrogens is 1. The largest absolute Gasteiger partial charge is 0.477 e. The van der Waals surface area contributed by atoms with Crippen LogP contribution in [0.3, 0.4) is 0 Å². The lowest BCUT2D eigenvalue weighted by molar-refractivity contribution is 0.0702. The minimum absolute atomic E-state index is 0.226. The van der Waals surface area contributed by atoms with E-state index in [-0.39, 0.29) is 4.88 Å². The zero-order valence-corrected chi connectivity index (χ0v) is 13.6. The average molecular weight is 324 g/mol. The number of hydrogen-bond acceptors (Lipinski definition) is 4. The summed E-state index contributed by atoms with van der Waals surface area (Å²) in [6, 6.07) is 13.4. The van der Waals surface area contributed by atoms with Crippen LogP contribution in [0.2, 0.25) is 0 Å². The van der Waals surface area contributed by atoms with Crippen molar-refractivity contribution in [3.8, 4) is 21.8 Å². The molecule has 0 saturated carbocycles. The summed E-state index contributed by atoms with van der Waals surface area (Å²) in [6.07, 6.45) is 0. The molecule has 1 heterocycles. The number of hydrogen-bond donors (Lipinski definition) is 2. The Kier molecular flexibility index (Phi) is 3.88. The van der Waals surface area contributed by atoms with Gasteiger partial charge in [-0.1, -0.05) is 42.0 Å². The molecule has 23 heavy (non-hydrogen) atoms. The Hall–Kier alpha value is -2.66. The van der Waals surface area contributed by atoms with Crippen LogP contribution in [0.4, 0.5) is 5.69 Å². The Morgan fingerprint density at radius 2 is 1.74 bits per heavy atom. The van der Waals surface area contributed by atoms with Gasteiger partial charge in [-0.3, -0.25) is 0 Å². The van der Waals surface area contributed by atoms with E-state index in [1.807, 2.05) is 50.2 Å². The fraction of sp³-hybridized carbons (Fsp3) is 0.111. The Balaban J connectivity index is 2.14. The second kappa shape index (κ2) is 5.85. The fourth-order valence-electron chi connectivity index (χ4n) is 2.27. The molecule has 3 aromatic rings. The summed E-state index contributed by atoms with van der Waals surface area (Å²) in [5, 5.41) is 10.2. The molecule has 0 aliphatic rings. The van der Waals surface area contributed by atoms with E-state index in [1.165, 1.54) is 11.3 Å². The van der Waals surface area contributed by atoms with Gasteiger partial charge in [0, 0.05) is 16.8 Å². The minimum Gasteiger partial charge on any atom is -0.477 e. The van der Waals surface area contributed by atoms with Gasteiger partial charge < -0.3 is 10.8 Å². The van der Waals surface area contributed by atoms with Crippen LogP contribution in [0.1, 0.15) is 20.8 Å². The van der Waals surface area contributed by atoms with Gasteiger partial charge in [0.2, 0.25) is 0 Å². The Labute approximate surface area is 138 Å². The second-order valence-electron chi connectivity index (χ2n) is 5.44. The van der Waals surface area contributed by atoms with Gasteiger partial charge in [-0.2, -0.15) is 0 Å². The van der Waals surface area contributed by atoms with Crippen LogP contribution < -0.4 is 5.73 Å². The van der Waals surface area contributed by atoms with Gasteiger partial charge in [0.25, 0.3) is 0 Å². The highest BCUT2D eigenvalue weighted by atomic mass is 32.1. The summed E-state index contributed by atoms with van der Waals surface area (Å²) in [4.78, 5) is 16.4. The Morgan fingerprint density at radius 3 is 2.35 bits per heavy atom. The van der Waals surface area contributed by atoms with E-state index in [9.17, 15) is 9.90 Å². The predicted molar refractivity (Wildman–Crippen MR) is 93.8 cm³/mol. The van der Waals surface area contributed by atoms with Crippen molar-refractivity contribution in [3.05, 3.63) is 58.5 Å². The van der Waals surface area contributed by atoms with Crippen molar-refractivity contribution in [3.63, 3.8) is 0 Å². The van der Waals surface area contributed by atoms with Gasteiger partial charge in [-0.25, -0.2) is 9.78 Å². The van der Waals surface area contributed by atoms with Gasteiger partial charge in [0.15, 0.2) is 0 Å². The number of benzene rings is 2. The molecular weight excluding hydrogens is 308 g/mol. The van der Waals surface area contributed by atoms with Crippen LogP contribution >= 0.6 is 11.3 Å². The minimum atomic E-state index is -0.977.